The van der Waals surface area contributed by atoms with Gasteiger partial charge in [0.25, 0.3) is 0 Å². The third-order valence-corrected chi connectivity index (χ3v) is 2.33. The van der Waals surface area contributed by atoms with Gasteiger partial charge in [0.05, 0.1) is 6.61 Å². The molecule has 15 heavy (non-hydrogen) atoms. The molecule has 0 fully saturated rings. The average Bonchev–Trinajstić information content (AvgIpc) is 2.27. The number of methoxy groups -OCH3 is 2. The Morgan fingerprint density at radius 1 is 1.33 bits per heavy atom. The number of hydrogen-bond acceptors (Lipinski definition) is 3. The molecule has 0 amide bonds. The van der Waals surface area contributed by atoms with E-state index in [4.69, 9.17) is 14.6 Å². The minimum atomic E-state index is -0.0337. The molecular formula is C12H18O3. The molecule has 1 unspecified atom stereocenters. The SMILES string of the molecule is COCC(OC)c1cccc(CCO)c1. The molecule has 0 aliphatic rings. The molecule has 0 saturated heterocycles. The van der Waals surface area contributed by atoms with Crippen LogP contribution in [0.1, 0.15) is 17.2 Å². The van der Waals surface area contributed by atoms with Crippen LogP contribution in [-0.2, 0) is 15.9 Å². The van der Waals surface area contributed by atoms with Crippen molar-refractivity contribution in [2.75, 3.05) is 27.4 Å². The first-order valence-electron chi connectivity index (χ1n) is 5.03. The summed E-state index contributed by atoms with van der Waals surface area (Å²) in [6.07, 6.45) is 0.644. The van der Waals surface area contributed by atoms with Crippen LogP contribution in [-0.4, -0.2) is 32.5 Å². The van der Waals surface area contributed by atoms with Crippen LogP contribution >= 0.6 is 0 Å². The molecule has 84 valence electrons. The minimum Gasteiger partial charge on any atom is -0.396 e. The Balaban J connectivity index is 2.77. The van der Waals surface area contributed by atoms with E-state index in [0.29, 0.717) is 13.0 Å². The monoisotopic (exact) mass is 210 g/mol. The molecule has 1 atom stereocenters. The number of aliphatic hydroxyl groups is 1. The van der Waals surface area contributed by atoms with E-state index in [1.165, 1.54) is 0 Å². The van der Waals surface area contributed by atoms with Gasteiger partial charge in [-0.3, -0.25) is 0 Å². The van der Waals surface area contributed by atoms with E-state index < -0.39 is 0 Å². The van der Waals surface area contributed by atoms with Crippen LogP contribution in [0.15, 0.2) is 24.3 Å². The van der Waals surface area contributed by atoms with Crippen LogP contribution in [0.25, 0.3) is 0 Å². The predicted molar refractivity (Wildman–Crippen MR) is 58.9 cm³/mol. The van der Waals surface area contributed by atoms with Gasteiger partial charge in [-0.2, -0.15) is 0 Å². The normalized spacial score (nSPS) is 12.7. The van der Waals surface area contributed by atoms with Crippen molar-refractivity contribution >= 4 is 0 Å². The van der Waals surface area contributed by atoms with Gasteiger partial charge in [-0.25, -0.2) is 0 Å². The number of hydrogen-bond donors (Lipinski definition) is 1. The van der Waals surface area contributed by atoms with Crippen LogP contribution in [0.2, 0.25) is 0 Å². The summed E-state index contributed by atoms with van der Waals surface area (Å²) in [6, 6.07) is 8.03. The Morgan fingerprint density at radius 2 is 2.13 bits per heavy atom. The van der Waals surface area contributed by atoms with E-state index in [1.54, 1.807) is 14.2 Å². The summed E-state index contributed by atoms with van der Waals surface area (Å²) in [5, 5.41) is 8.85. The summed E-state index contributed by atoms with van der Waals surface area (Å²) in [4.78, 5) is 0. The molecule has 1 aromatic carbocycles. The van der Waals surface area contributed by atoms with Gasteiger partial charge in [0.1, 0.15) is 6.10 Å². The van der Waals surface area contributed by atoms with Crippen LogP contribution in [0, 0.1) is 0 Å². The highest BCUT2D eigenvalue weighted by Gasteiger charge is 2.09. The highest BCUT2D eigenvalue weighted by molar-refractivity contribution is 5.25. The van der Waals surface area contributed by atoms with Gasteiger partial charge >= 0.3 is 0 Å². The zero-order valence-electron chi connectivity index (χ0n) is 9.27. The van der Waals surface area contributed by atoms with Gasteiger partial charge in [0.2, 0.25) is 0 Å². The van der Waals surface area contributed by atoms with E-state index >= 15 is 0 Å². The molecule has 3 nitrogen and oxygen atoms in total. The Hall–Kier alpha value is -0.900. The lowest BCUT2D eigenvalue weighted by Gasteiger charge is -2.15. The fourth-order valence-corrected chi connectivity index (χ4v) is 1.53. The first-order valence-corrected chi connectivity index (χ1v) is 5.03. The molecule has 1 N–H and O–H groups in total. The maximum Gasteiger partial charge on any atom is 0.105 e. The first kappa shape index (κ1) is 12.2. The molecule has 0 radical (unpaired) electrons. The molecule has 0 aliphatic heterocycles. The summed E-state index contributed by atoms with van der Waals surface area (Å²) in [5.41, 5.74) is 2.21. The van der Waals surface area contributed by atoms with Crippen molar-refractivity contribution in [3.63, 3.8) is 0 Å². The van der Waals surface area contributed by atoms with Crippen molar-refractivity contribution in [3.05, 3.63) is 35.4 Å². The molecule has 0 aromatic heterocycles. The van der Waals surface area contributed by atoms with Crippen LogP contribution in [0.5, 0.6) is 0 Å². The fourth-order valence-electron chi connectivity index (χ4n) is 1.53. The zero-order valence-corrected chi connectivity index (χ0v) is 9.27. The number of ether oxygens (including phenoxy) is 2. The summed E-state index contributed by atoms with van der Waals surface area (Å²) >= 11 is 0. The Bertz CT molecular complexity index is 286. The standard InChI is InChI=1S/C12H18O3/c1-14-9-12(15-2)11-5-3-4-10(8-11)6-7-13/h3-5,8,12-13H,6-7,9H2,1-2H3. The van der Waals surface area contributed by atoms with Crippen LogP contribution in [0.3, 0.4) is 0 Å². The lowest BCUT2D eigenvalue weighted by molar-refractivity contribution is 0.0274. The lowest BCUT2D eigenvalue weighted by Crippen LogP contribution is -2.08. The maximum atomic E-state index is 8.85. The summed E-state index contributed by atoms with van der Waals surface area (Å²) in [5.74, 6) is 0. The molecule has 1 aromatic rings. The summed E-state index contributed by atoms with van der Waals surface area (Å²) < 4.78 is 10.4. The molecule has 1 rings (SSSR count). The highest BCUT2D eigenvalue weighted by Crippen LogP contribution is 2.18. The lowest BCUT2D eigenvalue weighted by atomic mass is 10.0. The second kappa shape index (κ2) is 6.56. The van der Waals surface area contributed by atoms with E-state index in [1.807, 2.05) is 24.3 Å². The van der Waals surface area contributed by atoms with Crippen molar-refractivity contribution in [1.29, 1.82) is 0 Å². The Morgan fingerprint density at radius 3 is 2.73 bits per heavy atom. The maximum absolute atomic E-state index is 8.85. The third-order valence-electron chi connectivity index (χ3n) is 2.33. The second-order valence-corrected chi connectivity index (χ2v) is 3.40. The summed E-state index contributed by atoms with van der Waals surface area (Å²) in [7, 11) is 3.33. The first-order chi connectivity index (χ1) is 7.31. The topological polar surface area (TPSA) is 38.7 Å². The van der Waals surface area contributed by atoms with Crippen molar-refractivity contribution < 1.29 is 14.6 Å². The van der Waals surface area contributed by atoms with E-state index in [9.17, 15) is 0 Å². The molecule has 0 spiro atoms. The third kappa shape index (κ3) is 3.63. The number of aliphatic hydroxyl groups excluding tert-OH is 1. The number of benzene rings is 1. The quantitative estimate of drug-likeness (QED) is 0.774. The van der Waals surface area contributed by atoms with Crippen molar-refractivity contribution in [1.82, 2.24) is 0 Å². The van der Waals surface area contributed by atoms with Gasteiger partial charge in [-0.1, -0.05) is 24.3 Å². The molecule has 0 bridgehead atoms. The average molecular weight is 210 g/mol. The van der Waals surface area contributed by atoms with Crippen LogP contribution in [0.4, 0.5) is 0 Å². The van der Waals surface area contributed by atoms with Crippen LogP contribution < -0.4 is 0 Å². The molecule has 3 heteroatoms. The number of rotatable bonds is 6. The Kier molecular flexibility index (Phi) is 5.32. The fraction of sp³-hybridized carbons (Fsp3) is 0.500. The highest BCUT2D eigenvalue weighted by atomic mass is 16.5. The molecule has 0 aliphatic carbocycles. The largest absolute Gasteiger partial charge is 0.396 e. The van der Waals surface area contributed by atoms with Crippen molar-refractivity contribution in [3.8, 4) is 0 Å². The van der Waals surface area contributed by atoms with Crippen molar-refractivity contribution in [2.45, 2.75) is 12.5 Å². The second-order valence-electron chi connectivity index (χ2n) is 3.40. The van der Waals surface area contributed by atoms with Gasteiger partial charge in [0.15, 0.2) is 0 Å². The van der Waals surface area contributed by atoms with Crippen molar-refractivity contribution in [2.24, 2.45) is 0 Å². The summed E-state index contributed by atoms with van der Waals surface area (Å²) in [6.45, 7) is 0.713. The van der Waals surface area contributed by atoms with Gasteiger partial charge in [0, 0.05) is 20.8 Å². The van der Waals surface area contributed by atoms with Gasteiger partial charge in [-0.05, 0) is 17.5 Å². The van der Waals surface area contributed by atoms with E-state index in [2.05, 4.69) is 0 Å². The van der Waals surface area contributed by atoms with Gasteiger partial charge in [-0.15, -0.1) is 0 Å². The molecule has 0 heterocycles. The van der Waals surface area contributed by atoms with E-state index in [-0.39, 0.29) is 12.7 Å². The molecular weight excluding hydrogens is 192 g/mol. The zero-order chi connectivity index (χ0) is 11.1. The molecule has 0 saturated carbocycles. The van der Waals surface area contributed by atoms with Gasteiger partial charge < -0.3 is 14.6 Å². The predicted octanol–water partition coefficient (Wildman–Crippen LogP) is 1.56. The minimum absolute atomic E-state index is 0.0337. The smallest absolute Gasteiger partial charge is 0.105 e. The Labute approximate surface area is 90.6 Å². The van der Waals surface area contributed by atoms with E-state index in [0.717, 1.165) is 11.1 Å².